The number of likely N-dealkylation sites (N-methyl/N-ethyl adjacent to an activating group) is 1. The Morgan fingerprint density at radius 1 is 1.05 bits per heavy atom. The lowest BCUT2D eigenvalue weighted by molar-refractivity contribution is 0.102. The maximum atomic E-state index is 13.8. The molecule has 2 aliphatic heterocycles. The number of hydrogen-bond acceptors (Lipinski definition) is 7. The van der Waals surface area contributed by atoms with Crippen molar-refractivity contribution in [3.63, 3.8) is 0 Å². The van der Waals surface area contributed by atoms with Crippen molar-refractivity contribution < 1.29 is 18.3 Å². The summed E-state index contributed by atoms with van der Waals surface area (Å²) >= 11 is 0. The smallest absolute Gasteiger partial charge is 0.274 e. The van der Waals surface area contributed by atoms with Gasteiger partial charge < -0.3 is 20.2 Å². The van der Waals surface area contributed by atoms with E-state index < -0.39 is 16.6 Å². The van der Waals surface area contributed by atoms with E-state index in [4.69, 9.17) is 10.1 Å². The van der Waals surface area contributed by atoms with Crippen molar-refractivity contribution >= 4 is 38.8 Å². The number of sulfonamides is 1. The molecule has 0 atom stereocenters. The number of benzene rings is 1. The molecular weight excluding hydrogens is 538 g/mol. The summed E-state index contributed by atoms with van der Waals surface area (Å²) in [7, 11) is -1.54. The number of aromatic nitrogens is 1. The zero-order chi connectivity index (χ0) is 28.4. The van der Waals surface area contributed by atoms with Crippen molar-refractivity contribution in [1.82, 2.24) is 4.98 Å². The molecule has 2 aromatic rings. The number of aliphatic hydroxyl groups excluding tert-OH is 1. The highest BCUT2D eigenvalue weighted by Crippen LogP contribution is 2.59. The van der Waals surface area contributed by atoms with E-state index in [1.807, 2.05) is 18.2 Å². The molecule has 4 fully saturated rings. The Morgan fingerprint density at radius 2 is 1.80 bits per heavy atom. The summed E-state index contributed by atoms with van der Waals surface area (Å²) in [5.41, 5.74) is 5.90. The minimum Gasteiger partial charge on any atom is -0.395 e. The van der Waals surface area contributed by atoms with Crippen molar-refractivity contribution in [2.24, 2.45) is 10.8 Å². The molecule has 3 aliphatic carbocycles. The fourth-order valence-electron chi connectivity index (χ4n) is 7.45. The lowest BCUT2D eigenvalue weighted by Gasteiger charge is -2.30. The third kappa shape index (κ3) is 5.29. The molecule has 220 valence electrons. The van der Waals surface area contributed by atoms with Crippen molar-refractivity contribution in [2.75, 3.05) is 58.9 Å². The van der Waals surface area contributed by atoms with Gasteiger partial charge >= 0.3 is 0 Å². The number of carbonyl (C=O) groups excluding carboxylic acids is 1. The third-order valence-electron chi connectivity index (χ3n) is 10.5. The van der Waals surface area contributed by atoms with E-state index in [-0.39, 0.29) is 17.6 Å². The Bertz CT molecular complexity index is 1470. The molecule has 1 aromatic heterocycles. The summed E-state index contributed by atoms with van der Waals surface area (Å²) in [6.07, 6.45) is 11.7. The number of rotatable bonds is 8. The van der Waals surface area contributed by atoms with Crippen LogP contribution < -0.4 is 19.8 Å². The number of nitrogens with zero attached hydrogens (tertiary/aromatic N) is 3. The maximum Gasteiger partial charge on any atom is 0.274 e. The molecule has 5 aliphatic rings. The molecular formula is C31H41N5O4S. The quantitative estimate of drug-likeness (QED) is 0.422. The normalized spacial score (nSPS) is 22.3. The number of pyridine rings is 1. The molecule has 10 heteroatoms. The molecule has 0 radical (unpaired) electrons. The van der Waals surface area contributed by atoms with Gasteiger partial charge in [0, 0.05) is 38.1 Å². The first kappa shape index (κ1) is 27.0. The van der Waals surface area contributed by atoms with Crippen LogP contribution in [0.25, 0.3) is 0 Å². The highest BCUT2D eigenvalue weighted by Gasteiger charge is 2.49. The van der Waals surface area contributed by atoms with Crippen LogP contribution in [-0.4, -0.2) is 63.5 Å². The fraction of sp³-hybridized carbons (Fsp3) is 0.613. The van der Waals surface area contributed by atoms with Crippen LogP contribution in [0, 0.1) is 10.8 Å². The van der Waals surface area contributed by atoms with E-state index >= 15 is 0 Å². The number of carbonyl (C=O) groups is 1. The average Bonchev–Trinajstić information content (AvgIpc) is 3.80. The second-order valence-corrected chi connectivity index (χ2v) is 15.2. The van der Waals surface area contributed by atoms with Crippen LogP contribution in [0.3, 0.4) is 0 Å². The van der Waals surface area contributed by atoms with Crippen LogP contribution >= 0.6 is 0 Å². The molecule has 3 heterocycles. The third-order valence-corrected chi connectivity index (χ3v) is 11.7. The lowest BCUT2D eigenvalue weighted by Crippen LogP contribution is -2.26. The predicted molar refractivity (Wildman–Crippen MR) is 161 cm³/mol. The second kappa shape index (κ2) is 9.87. The van der Waals surface area contributed by atoms with E-state index in [0.29, 0.717) is 22.2 Å². The predicted octanol–water partition coefficient (Wildman–Crippen LogP) is 4.49. The van der Waals surface area contributed by atoms with Gasteiger partial charge in [0.25, 0.3) is 5.91 Å². The first-order valence-electron chi connectivity index (χ1n) is 15.2. The molecule has 1 aromatic carbocycles. The van der Waals surface area contributed by atoms with Crippen LogP contribution in [0.2, 0.25) is 0 Å². The highest BCUT2D eigenvalue weighted by atomic mass is 32.2. The number of nitrogens with one attached hydrogen (secondary N) is 2. The SMILES string of the molecule is CN1CCc2cc(C(=O)Nc3ccc(NS(=O)(=O)CCO)cc3C3CCC4(CC3)CC4)nc(N3CCC4(CC4)C3)c21. The van der Waals surface area contributed by atoms with Gasteiger partial charge in [0.2, 0.25) is 10.0 Å². The molecule has 41 heavy (non-hydrogen) atoms. The topological polar surface area (TPSA) is 115 Å². The zero-order valence-electron chi connectivity index (χ0n) is 23.9. The molecule has 3 N–H and O–H groups in total. The van der Waals surface area contributed by atoms with Crippen LogP contribution in [0.15, 0.2) is 24.3 Å². The minimum atomic E-state index is -3.65. The Hall–Kier alpha value is -2.85. The number of aliphatic hydroxyl groups is 1. The van der Waals surface area contributed by atoms with Gasteiger partial charge in [-0.3, -0.25) is 9.52 Å². The van der Waals surface area contributed by atoms with Gasteiger partial charge in [0.05, 0.1) is 18.0 Å². The number of anilines is 4. The van der Waals surface area contributed by atoms with Crippen LogP contribution in [0.4, 0.5) is 22.9 Å². The Balaban J connectivity index is 1.18. The van der Waals surface area contributed by atoms with Crippen molar-refractivity contribution in [2.45, 2.75) is 70.1 Å². The summed E-state index contributed by atoms with van der Waals surface area (Å²) in [5, 5.41) is 12.3. The van der Waals surface area contributed by atoms with Crippen LogP contribution in [-0.2, 0) is 16.4 Å². The summed E-state index contributed by atoms with van der Waals surface area (Å²) < 4.78 is 27.3. The molecule has 9 nitrogen and oxygen atoms in total. The Morgan fingerprint density at radius 3 is 2.49 bits per heavy atom. The van der Waals surface area contributed by atoms with Gasteiger partial charge in [-0.2, -0.15) is 0 Å². The zero-order valence-corrected chi connectivity index (χ0v) is 24.7. The number of amides is 1. The maximum absolute atomic E-state index is 13.8. The van der Waals surface area contributed by atoms with Gasteiger partial charge in [-0.1, -0.05) is 0 Å². The second-order valence-electron chi connectivity index (χ2n) is 13.4. The van der Waals surface area contributed by atoms with E-state index in [1.165, 1.54) is 50.5 Å². The Kier molecular flexibility index (Phi) is 6.50. The first-order chi connectivity index (χ1) is 19.7. The molecule has 1 saturated heterocycles. The van der Waals surface area contributed by atoms with Crippen LogP contribution in [0.5, 0.6) is 0 Å². The van der Waals surface area contributed by atoms with Gasteiger partial charge in [-0.05, 0) is 116 Å². The van der Waals surface area contributed by atoms with E-state index in [1.54, 1.807) is 6.07 Å². The molecule has 2 spiro atoms. The lowest BCUT2D eigenvalue weighted by atomic mass is 9.76. The first-order valence-corrected chi connectivity index (χ1v) is 16.9. The average molecular weight is 580 g/mol. The van der Waals surface area contributed by atoms with E-state index in [2.05, 4.69) is 26.9 Å². The van der Waals surface area contributed by atoms with Gasteiger partial charge in [0.15, 0.2) is 5.82 Å². The van der Waals surface area contributed by atoms with Crippen LogP contribution in [0.1, 0.15) is 85.3 Å². The van der Waals surface area contributed by atoms with Gasteiger partial charge in [0.1, 0.15) is 5.69 Å². The van der Waals surface area contributed by atoms with E-state index in [0.717, 1.165) is 61.7 Å². The van der Waals surface area contributed by atoms with Gasteiger partial charge in [-0.25, -0.2) is 13.4 Å². The van der Waals surface area contributed by atoms with Crippen molar-refractivity contribution in [3.8, 4) is 0 Å². The summed E-state index contributed by atoms with van der Waals surface area (Å²) in [6.45, 7) is 2.49. The molecule has 7 rings (SSSR count). The van der Waals surface area contributed by atoms with Crippen molar-refractivity contribution in [3.05, 3.63) is 41.1 Å². The molecule has 0 bridgehead atoms. The summed E-state index contributed by atoms with van der Waals surface area (Å²) in [5.74, 6) is 0.600. The molecule has 1 amide bonds. The highest BCUT2D eigenvalue weighted by molar-refractivity contribution is 7.92. The molecule has 0 unspecified atom stereocenters. The largest absolute Gasteiger partial charge is 0.395 e. The summed E-state index contributed by atoms with van der Waals surface area (Å²) in [6, 6.07) is 7.32. The number of fused-ring (bicyclic) bond motifs is 1. The number of hydrogen-bond donors (Lipinski definition) is 3. The fourth-order valence-corrected chi connectivity index (χ4v) is 8.28. The van der Waals surface area contributed by atoms with Crippen molar-refractivity contribution in [1.29, 1.82) is 0 Å². The van der Waals surface area contributed by atoms with Gasteiger partial charge in [-0.15, -0.1) is 0 Å². The van der Waals surface area contributed by atoms with E-state index in [9.17, 15) is 13.2 Å². The minimum absolute atomic E-state index is 0.228. The molecule has 3 saturated carbocycles. The summed E-state index contributed by atoms with van der Waals surface area (Å²) in [4.78, 5) is 23.4. The standard InChI is InChI=1S/C31H41N5O4S/c1-35-14-6-22-18-26(32-28(27(22)35)36-15-13-31(20-36)11-12-31)29(38)33-25-3-2-23(34-41(39,40)17-16-37)19-24(25)21-4-7-30(8-5-21)9-10-30/h2-3,18-19,21,34,37H,4-17,20H2,1H3,(H,33,38). The monoisotopic (exact) mass is 579 g/mol. The Labute approximate surface area is 242 Å².